The number of carbonyl (C=O) groups excluding carboxylic acids is 1. The fourth-order valence-electron chi connectivity index (χ4n) is 1.30. The number of nitrogens with one attached hydrogen (secondary N) is 1. The molecule has 1 saturated heterocycles. The van der Waals surface area contributed by atoms with Gasteiger partial charge in [-0.1, -0.05) is 18.7 Å². The normalized spacial score (nSPS) is 17.5. The summed E-state index contributed by atoms with van der Waals surface area (Å²) < 4.78 is 9.24. The van der Waals surface area contributed by atoms with Crippen molar-refractivity contribution in [1.82, 2.24) is 9.36 Å². The monoisotopic (exact) mass is 273 g/mol. The molecule has 0 aliphatic carbocycles. The van der Waals surface area contributed by atoms with Crippen LogP contribution in [0.5, 0.6) is 0 Å². The minimum absolute atomic E-state index is 0.0352. The van der Waals surface area contributed by atoms with Gasteiger partial charge in [0.15, 0.2) is 0 Å². The topological polar surface area (TPSA) is 64.1 Å². The highest BCUT2D eigenvalue weighted by atomic mass is 32.2. The molecule has 0 bridgehead atoms. The molecule has 1 N–H and O–H groups in total. The second kappa shape index (κ2) is 5.32. The lowest BCUT2D eigenvalue weighted by Crippen LogP contribution is -2.49. The Hall–Kier alpha value is -0.660. The minimum atomic E-state index is -0.400. The third-order valence-electron chi connectivity index (χ3n) is 2.45. The van der Waals surface area contributed by atoms with E-state index in [-0.39, 0.29) is 5.91 Å². The van der Waals surface area contributed by atoms with Crippen LogP contribution in [-0.2, 0) is 9.53 Å². The first-order valence-corrected chi connectivity index (χ1v) is 7.26. The molecule has 0 aromatic carbocycles. The van der Waals surface area contributed by atoms with Crippen LogP contribution in [0.25, 0.3) is 0 Å². The van der Waals surface area contributed by atoms with E-state index in [1.165, 1.54) is 11.5 Å². The van der Waals surface area contributed by atoms with E-state index in [0.717, 1.165) is 17.3 Å². The zero-order valence-corrected chi connectivity index (χ0v) is 11.5. The predicted molar refractivity (Wildman–Crippen MR) is 68.5 cm³/mol. The van der Waals surface area contributed by atoms with E-state index >= 15 is 0 Å². The van der Waals surface area contributed by atoms with Gasteiger partial charge in [-0.15, -0.1) is 0 Å². The van der Waals surface area contributed by atoms with Crippen LogP contribution < -0.4 is 5.32 Å². The molecule has 1 amide bonds. The van der Waals surface area contributed by atoms with Gasteiger partial charge in [0.05, 0.1) is 18.6 Å². The molecule has 1 fully saturated rings. The van der Waals surface area contributed by atoms with Crippen molar-refractivity contribution in [2.24, 2.45) is 5.41 Å². The summed E-state index contributed by atoms with van der Waals surface area (Å²) in [6.45, 7) is 4.96. The number of nitrogens with zero attached hydrogens (tertiary/aromatic N) is 2. The van der Waals surface area contributed by atoms with Gasteiger partial charge in [0.2, 0.25) is 16.2 Å². The van der Waals surface area contributed by atoms with Gasteiger partial charge in [0, 0.05) is 17.3 Å². The van der Waals surface area contributed by atoms with Crippen LogP contribution in [0, 0.1) is 5.41 Å². The number of thioether (sulfide) groups is 1. The number of hydrogen-bond donors (Lipinski definition) is 1. The molecule has 0 atom stereocenters. The Morgan fingerprint density at radius 3 is 3.00 bits per heavy atom. The molecule has 7 heteroatoms. The van der Waals surface area contributed by atoms with Crippen molar-refractivity contribution in [3.05, 3.63) is 0 Å². The Morgan fingerprint density at radius 1 is 1.65 bits per heavy atom. The van der Waals surface area contributed by atoms with Crippen molar-refractivity contribution in [2.45, 2.75) is 25.4 Å². The average molecular weight is 273 g/mol. The van der Waals surface area contributed by atoms with Gasteiger partial charge >= 0.3 is 0 Å². The second-order valence-corrected chi connectivity index (χ2v) is 6.05. The Morgan fingerprint density at radius 2 is 2.41 bits per heavy atom. The van der Waals surface area contributed by atoms with Crippen molar-refractivity contribution in [3.8, 4) is 0 Å². The summed E-state index contributed by atoms with van der Waals surface area (Å²) in [6, 6.07) is 0. The van der Waals surface area contributed by atoms with Gasteiger partial charge in [-0.25, -0.2) is 0 Å². The van der Waals surface area contributed by atoms with Crippen molar-refractivity contribution in [1.29, 1.82) is 0 Å². The van der Waals surface area contributed by atoms with Crippen molar-refractivity contribution >= 4 is 34.3 Å². The molecule has 0 saturated carbocycles. The van der Waals surface area contributed by atoms with Crippen molar-refractivity contribution < 1.29 is 9.53 Å². The predicted octanol–water partition coefficient (Wildman–Crippen LogP) is 2.02. The fraction of sp³-hybridized carbons (Fsp3) is 0.700. The molecule has 2 heterocycles. The number of amides is 1. The van der Waals surface area contributed by atoms with Crippen LogP contribution in [0.15, 0.2) is 5.16 Å². The van der Waals surface area contributed by atoms with E-state index in [2.05, 4.69) is 21.6 Å². The van der Waals surface area contributed by atoms with Gasteiger partial charge in [-0.3, -0.25) is 4.79 Å². The van der Waals surface area contributed by atoms with Gasteiger partial charge in [-0.2, -0.15) is 9.36 Å². The molecular weight excluding hydrogens is 258 g/mol. The smallest absolute Gasteiger partial charge is 0.236 e. The Bertz CT molecular complexity index is 404. The molecule has 0 radical (unpaired) electrons. The first-order chi connectivity index (χ1) is 8.14. The zero-order valence-electron chi connectivity index (χ0n) is 9.86. The van der Waals surface area contributed by atoms with Crippen molar-refractivity contribution in [2.75, 3.05) is 24.3 Å². The number of carbonyl (C=O) groups is 1. The zero-order chi connectivity index (χ0) is 12.3. The van der Waals surface area contributed by atoms with Gasteiger partial charge in [0.1, 0.15) is 0 Å². The summed E-state index contributed by atoms with van der Waals surface area (Å²) in [5.74, 6) is 0.960. The summed E-state index contributed by atoms with van der Waals surface area (Å²) in [6.07, 6.45) is 1.08. The van der Waals surface area contributed by atoms with E-state index in [0.29, 0.717) is 18.3 Å². The largest absolute Gasteiger partial charge is 0.379 e. The molecule has 1 aliphatic heterocycles. The standard InChI is InChI=1S/C10H15N3O2S2/c1-3-4-16-9-12-8(17-13-9)11-7(14)10(2)5-15-6-10/h3-6H2,1-2H3,(H,11,12,13,14). The summed E-state index contributed by atoms with van der Waals surface area (Å²) in [5, 5.41) is 4.10. The molecule has 0 spiro atoms. The molecular formula is C10H15N3O2S2. The van der Waals surface area contributed by atoms with E-state index in [4.69, 9.17) is 4.74 Å². The maximum Gasteiger partial charge on any atom is 0.236 e. The van der Waals surface area contributed by atoms with Crippen LogP contribution in [-0.4, -0.2) is 34.2 Å². The van der Waals surface area contributed by atoms with E-state index in [1.807, 2.05) is 6.92 Å². The molecule has 94 valence electrons. The third-order valence-corrected chi connectivity index (χ3v) is 4.25. The van der Waals surface area contributed by atoms with Crippen LogP contribution in [0.4, 0.5) is 5.13 Å². The maximum atomic E-state index is 11.9. The van der Waals surface area contributed by atoms with E-state index in [1.54, 1.807) is 11.8 Å². The lowest BCUT2D eigenvalue weighted by Gasteiger charge is -2.35. The first kappa shape index (κ1) is 12.8. The Kier molecular flexibility index (Phi) is 4.01. The minimum Gasteiger partial charge on any atom is -0.379 e. The maximum absolute atomic E-state index is 11.9. The molecule has 17 heavy (non-hydrogen) atoms. The lowest BCUT2D eigenvalue weighted by atomic mass is 9.88. The summed E-state index contributed by atoms with van der Waals surface area (Å²) in [5.41, 5.74) is -0.400. The summed E-state index contributed by atoms with van der Waals surface area (Å²) in [4.78, 5) is 16.1. The van der Waals surface area contributed by atoms with Crippen LogP contribution >= 0.6 is 23.3 Å². The molecule has 1 aromatic rings. The Labute approximate surface area is 109 Å². The highest BCUT2D eigenvalue weighted by Crippen LogP contribution is 2.29. The number of anilines is 1. The first-order valence-electron chi connectivity index (χ1n) is 5.50. The molecule has 1 aromatic heterocycles. The lowest BCUT2D eigenvalue weighted by molar-refractivity contribution is -0.151. The Balaban J connectivity index is 1.90. The molecule has 0 unspecified atom stereocenters. The van der Waals surface area contributed by atoms with Gasteiger partial charge in [-0.05, 0) is 13.3 Å². The second-order valence-electron chi connectivity index (χ2n) is 4.24. The van der Waals surface area contributed by atoms with Crippen LogP contribution in [0.2, 0.25) is 0 Å². The molecule has 2 rings (SSSR count). The van der Waals surface area contributed by atoms with Crippen molar-refractivity contribution in [3.63, 3.8) is 0 Å². The van der Waals surface area contributed by atoms with Crippen LogP contribution in [0.1, 0.15) is 20.3 Å². The number of hydrogen-bond acceptors (Lipinski definition) is 6. The SMILES string of the molecule is CCCSc1nsc(NC(=O)C2(C)COC2)n1. The summed E-state index contributed by atoms with van der Waals surface area (Å²) in [7, 11) is 0. The van der Waals surface area contributed by atoms with Gasteiger partial charge in [0.25, 0.3) is 0 Å². The quantitative estimate of drug-likeness (QED) is 0.831. The van der Waals surface area contributed by atoms with E-state index < -0.39 is 5.41 Å². The van der Waals surface area contributed by atoms with E-state index in [9.17, 15) is 4.79 Å². The van der Waals surface area contributed by atoms with Crippen LogP contribution in [0.3, 0.4) is 0 Å². The number of rotatable bonds is 5. The number of aromatic nitrogens is 2. The molecule has 1 aliphatic rings. The fourth-order valence-corrected chi connectivity index (χ4v) is 2.69. The summed E-state index contributed by atoms with van der Waals surface area (Å²) >= 11 is 2.83. The third kappa shape index (κ3) is 2.97. The highest BCUT2D eigenvalue weighted by Gasteiger charge is 2.41. The highest BCUT2D eigenvalue weighted by molar-refractivity contribution is 7.99. The molecule has 5 nitrogen and oxygen atoms in total. The number of ether oxygens (including phenoxy) is 1. The van der Waals surface area contributed by atoms with Gasteiger partial charge < -0.3 is 10.1 Å². The average Bonchev–Trinajstić information content (AvgIpc) is 2.70.